The third-order valence-corrected chi connectivity index (χ3v) is 2.89. The number of anilines is 1. The van der Waals surface area contributed by atoms with Crippen molar-refractivity contribution in [2.75, 3.05) is 5.01 Å². The van der Waals surface area contributed by atoms with Gasteiger partial charge in [-0.15, -0.1) is 0 Å². The van der Waals surface area contributed by atoms with E-state index in [1.807, 2.05) is 0 Å². The molecule has 0 aliphatic carbocycles. The summed E-state index contributed by atoms with van der Waals surface area (Å²) < 4.78 is 0.361. The van der Waals surface area contributed by atoms with Crippen LogP contribution in [0.1, 0.15) is 0 Å². The summed E-state index contributed by atoms with van der Waals surface area (Å²) in [6, 6.07) is 6.44. The predicted octanol–water partition coefficient (Wildman–Crippen LogP) is 1.92. The molecule has 0 aliphatic rings. The fraction of sp³-hybridized carbons (Fsp3) is 0. The lowest BCUT2D eigenvalue weighted by molar-refractivity contribution is 1.06. The highest BCUT2D eigenvalue weighted by Crippen LogP contribution is 2.30. The minimum atomic E-state index is -0.264. The van der Waals surface area contributed by atoms with E-state index in [9.17, 15) is 4.79 Å². The summed E-state index contributed by atoms with van der Waals surface area (Å²) in [6.45, 7) is 0. The van der Waals surface area contributed by atoms with E-state index in [1.165, 1.54) is 23.6 Å². The highest BCUT2D eigenvalue weighted by atomic mass is 79.9. The van der Waals surface area contributed by atoms with Crippen LogP contribution in [0, 0.1) is 0 Å². The summed E-state index contributed by atoms with van der Waals surface area (Å²) in [5, 5.41) is 1.83. The van der Waals surface area contributed by atoms with Gasteiger partial charge in [0, 0.05) is 16.7 Å². The molecule has 104 valence electrons. The fourth-order valence-electron chi connectivity index (χ4n) is 1.66. The molecule has 6 nitrogen and oxygen atoms in total. The molecule has 20 heavy (non-hydrogen) atoms. The Morgan fingerprint density at radius 2 is 2.20 bits per heavy atom. The number of hydrogen-bond acceptors (Lipinski definition) is 5. The maximum absolute atomic E-state index is 11.4. The Kier molecular flexibility index (Phi) is 4.43. The molecule has 0 amide bonds. The Morgan fingerprint density at radius 3 is 2.85 bits per heavy atom. The fourth-order valence-corrected chi connectivity index (χ4v) is 2.05. The highest BCUT2D eigenvalue weighted by Gasteiger charge is 2.11. The molecule has 0 saturated heterocycles. The topological polar surface area (TPSA) is 101 Å². The number of rotatable bonds is 3. The van der Waals surface area contributed by atoms with Crippen molar-refractivity contribution in [3.63, 3.8) is 0 Å². The molecular weight excluding hydrogens is 346 g/mol. The second-order valence-corrected chi connectivity index (χ2v) is 5.23. The number of H-pyrrole nitrogens is 1. The maximum Gasteiger partial charge on any atom is 0.251 e. The zero-order chi connectivity index (χ0) is 14.7. The first-order valence-corrected chi connectivity index (χ1v) is 6.66. The number of halogens is 2. The third-order valence-electron chi connectivity index (χ3n) is 2.45. The minimum Gasteiger partial charge on any atom is -0.392 e. The molecule has 0 radical (unpaired) electrons. The summed E-state index contributed by atoms with van der Waals surface area (Å²) in [5.41, 5.74) is 6.96. The molecule has 2 aromatic rings. The first-order valence-electron chi connectivity index (χ1n) is 5.49. The van der Waals surface area contributed by atoms with Gasteiger partial charge in [0.15, 0.2) is 0 Å². The SMILES string of the molecule is N/C(Br)=C\N(N)c1ccc(Cl)cc1-c1cc(=O)[nH]cn1. The van der Waals surface area contributed by atoms with Gasteiger partial charge in [-0.2, -0.15) is 0 Å². The highest BCUT2D eigenvalue weighted by molar-refractivity contribution is 9.11. The molecular formula is C12H11BrClN5O. The van der Waals surface area contributed by atoms with Crippen molar-refractivity contribution in [1.29, 1.82) is 0 Å². The van der Waals surface area contributed by atoms with Crippen molar-refractivity contribution in [2.45, 2.75) is 0 Å². The molecule has 1 aromatic carbocycles. The molecule has 0 aliphatic heterocycles. The van der Waals surface area contributed by atoms with Gasteiger partial charge >= 0.3 is 0 Å². The van der Waals surface area contributed by atoms with Gasteiger partial charge in [-0.25, -0.2) is 10.8 Å². The number of nitrogens with one attached hydrogen (secondary N) is 1. The Bertz CT molecular complexity index is 711. The van der Waals surface area contributed by atoms with E-state index in [2.05, 4.69) is 25.9 Å². The first kappa shape index (κ1) is 14.6. The zero-order valence-corrected chi connectivity index (χ0v) is 12.5. The van der Waals surface area contributed by atoms with Gasteiger partial charge in [-0.1, -0.05) is 11.6 Å². The largest absolute Gasteiger partial charge is 0.392 e. The first-order chi connectivity index (χ1) is 9.47. The number of hydrazine groups is 1. The molecule has 5 N–H and O–H groups in total. The van der Waals surface area contributed by atoms with Crippen molar-refractivity contribution in [3.8, 4) is 11.3 Å². The van der Waals surface area contributed by atoms with E-state index in [0.29, 0.717) is 26.6 Å². The van der Waals surface area contributed by atoms with Gasteiger partial charge in [-0.05, 0) is 34.1 Å². The summed E-state index contributed by atoms with van der Waals surface area (Å²) in [4.78, 5) is 18.0. The van der Waals surface area contributed by atoms with Gasteiger partial charge < -0.3 is 10.7 Å². The van der Waals surface area contributed by atoms with Crippen LogP contribution in [-0.4, -0.2) is 9.97 Å². The molecule has 1 aromatic heterocycles. The van der Waals surface area contributed by atoms with Crippen LogP contribution in [0.2, 0.25) is 5.02 Å². The average molecular weight is 357 g/mol. The minimum absolute atomic E-state index is 0.264. The second-order valence-electron chi connectivity index (χ2n) is 3.88. The second kappa shape index (κ2) is 6.08. The van der Waals surface area contributed by atoms with E-state index in [1.54, 1.807) is 18.2 Å². The molecule has 2 rings (SSSR count). The van der Waals surface area contributed by atoms with Crippen molar-refractivity contribution in [3.05, 3.63) is 56.8 Å². The van der Waals surface area contributed by atoms with Crippen LogP contribution >= 0.6 is 27.5 Å². The molecule has 0 bridgehead atoms. The van der Waals surface area contributed by atoms with Gasteiger partial charge in [0.05, 0.1) is 28.5 Å². The van der Waals surface area contributed by atoms with Crippen molar-refractivity contribution in [2.24, 2.45) is 11.6 Å². The van der Waals surface area contributed by atoms with Gasteiger partial charge in [-0.3, -0.25) is 9.80 Å². The number of aromatic amines is 1. The van der Waals surface area contributed by atoms with E-state index in [0.717, 1.165) is 0 Å². The van der Waals surface area contributed by atoms with E-state index >= 15 is 0 Å². The number of benzene rings is 1. The van der Waals surface area contributed by atoms with Crippen LogP contribution < -0.4 is 22.1 Å². The lowest BCUT2D eigenvalue weighted by atomic mass is 10.1. The molecule has 0 unspecified atom stereocenters. The number of nitrogens with zero attached hydrogens (tertiary/aromatic N) is 2. The van der Waals surface area contributed by atoms with Crippen LogP contribution in [0.5, 0.6) is 0 Å². The van der Waals surface area contributed by atoms with Crippen LogP contribution in [0.15, 0.2) is 46.2 Å². The van der Waals surface area contributed by atoms with Crippen molar-refractivity contribution < 1.29 is 0 Å². The van der Waals surface area contributed by atoms with Crippen LogP contribution in [0.4, 0.5) is 5.69 Å². The smallest absolute Gasteiger partial charge is 0.251 e. The lowest BCUT2D eigenvalue weighted by Gasteiger charge is -2.18. The Hall–Kier alpha value is -1.83. The quantitative estimate of drug-likeness (QED) is 0.443. The van der Waals surface area contributed by atoms with E-state index in [-0.39, 0.29) is 5.56 Å². The normalized spacial score (nSPS) is 11.4. The number of aromatic nitrogens is 2. The Morgan fingerprint density at radius 1 is 1.45 bits per heavy atom. The summed E-state index contributed by atoms with van der Waals surface area (Å²) in [6.07, 6.45) is 2.80. The van der Waals surface area contributed by atoms with Gasteiger partial charge in [0.25, 0.3) is 5.56 Å². The van der Waals surface area contributed by atoms with Crippen LogP contribution in [0.3, 0.4) is 0 Å². The number of nitrogens with two attached hydrogens (primary N) is 2. The van der Waals surface area contributed by atoms with E-state index < -0.39 is 0 Å². The van der Waals surface area contributed by atoms with Gasteiger partial charge in [0.1, 0.15) is 0 Å². The third kappa shape index (κ3) is 3.38. The molecule has 8 heteroatoms. The maximum atomic E-state index is 11.4. The molecule has 0 atom stereocenters. The Balaban J connectivity index is 2.59. The summed E-state index contributed by atoms with van der Waals surface area (Å²) in [5.74, 6) is 5.91. The monoisotopic (exact) mass is 355 g/mol. The Labute approximate surface area is 128 Å². The van der Waals surface area contributed by atoms with Crippen LogP contribution in [-0.2, 0) is 0 Å². The predicted molar refractivity (Wildman–Crippen MR) is 83.2 cm³/mol. The van der Waals surface area contributed by atoms with Crippen molar-refractivity contribution >= 4 is 33.2 Å². The summed E-state index contributed by atoms with van der Waals surface area (Å²) in [7, 11) is 0. The number of hydrogen-bond donors (Lipinski definition) is 3. The van der Waals surface area contributed by atoms with E-state index in [4.69, 9.17) is 23.2 Å². The zero-order valence-electron chi connectivity index (χ0n) is 10.2. The summed E-state index contributed by atoms with van der Waals surface area (Å²) >= 11 is 9.09. The van der Waals surface area contributed by atoms with Gasteiger partial charge in [0.2, 0.25) is 0 Å². The average Bonchev–Trinajstić information content (AvgIpc) is 2.37. The lowest BCUT2D eigenvalue weighted by Crippen LogP contribution is -2.26. The molecule has 0 fully saturated rings. The molecule has 0 saturated carbocycles. The standard InChI is InChI=1S/C12H11BrClN5O/c13-11(15)5-19(16)10-2-1-7(14)3-8(10)9-4-12(20)18-6-17-9/h1-6H,15-16H2,(H,17,18,20)/b11-5-. The molecule has 1 heterocycles. The van der Waals surface area contributed by atoms with Crippen LogP contribution in [0.25, 0.3) is 11.3 Å². The van der Waals surface area contributed by atoms with Crippen molar-refractivity contribution in [1.82, 2.24) is 9.97 Å². The molecule has 0 spiro atoms.